The number of halogens is 2. The van der Waals surface area contributed by atoms with Crippen LogP contribution in [0.1, 0.15) is 29.2 Å². The van der Waals surface area contributed by atoms with Crippen molar-refractivity contribution in [3.63, 3.8) is 0 Å². The number of nitrogens with one attached hydrogen (secondary N) is 2. The zero-order valence-corrected chi connectivity index (χ0v) is 14.7. The number of rotatable bonds is 3. The first-order chi connectivity index (χ1) is 12.9. The van der Waals surface area contributed by atoms with Crippen molar-refractivity contribution in [2.24, 2.45) is 0 Å². The van der Waals surface area contributed by atoms with Crippen LogP contribution in [-0.2, 0) is 16.0 Å². The van der Waals surface area contributed by atoms with Gasteiger partial charge in [-0.1, -0.05) is 24.6 Å². The van der Waals surface area contributed by atoms with E-state index in [9.17, 15) is 18.4 Å². The molecule has 0 spiro atoms. The number of amides is 2. The van der Waals surface area contributed by atoms with Gasteiger partial charge in [-0.25, -0.2) is 8.78 Å². The zero-order chi connectivity index (χ0) is 19.3. The molecule has 0 unspecified atom stereocenters. The highest BCUT2D eigenvalue weighted by atomic mass is 19.1. The average Bonchev–Trinajstić information content (AvgIpc) is 3.16. The average molecular weight is 366 g/mol. The number of fused-ring (bicyclic) bond motifs is 1. The quantitative estimate of drug-likeness (QED) is 0.876. The van der Waals surface area contributed by atoms with Gasteiger partial charge in [-0.2, -0.15) is 0 Å². The van der Waals surface area contributed by atoms with E-state index >= 15 is 0 Å². The van der Waals surface area contributed by atoms with Gasteiger partial charge in [-0.05, 0) is 43.2 Å². The lowest BCUT2D eigenvalue weighted by Gasteiger charge is -2.10. The van der Waals surface area contributed by atoms with E-state index in [1.807, 2.05) is 6.92 Å². The highest BCUT2D eigenvalue weighted by Gasteiger charge is 2.42. The molecule has 0 aromatic heterocycles. The zero-order valence-electron chi connectivity index (χ0n) is 14.7. The Hall–Kier alpha value is -3.28. The number of aryl methyl sites for hydroxylation is 2. The molecule has 0 aliphatic carbocycles. The Balaban J connectivity index is 1.95. The molecule has 0 radical (unpaired) electrons. The number of hydrogen-bond donors (Lipinski definition) is 2. The second kappa shape index (κ2) is 6.16. The minimum atomic E-state index is -0.560. The maximum atomic E-state index is 14.4. The summed E-state index contributed by atoms with van der Waals surface area (Å²) in [5.74, 6) is -2.21. The van der Waals surface area contributed by atoms with Crippen LogP contribution in [0.5, 0.6) is 0 Å². The van der Waals surface area contributed by atoms with Crippen molar-refractivity contribution in [2.45, 2.75) is 20.3 Å². The van der Waals surface area contributed by atoms with Gasteiger partial charge in [0.2, 0.25) is 0 Å². The van der Waals surface area contributed by atoms with Crippen molar-refractivity contribution in [1.29, 1.82) is 0 Å². The Morgan fingerprint density at radius 2 is 1.33 bits per heavy atom. The smallest absolute Gasteiger partial charge is 0.258 e. The fourth-order valence-electron chi connectivity index (χ4n) is 3.40. The van der Waals surface area contributed by atoms with E-state index in [-0.39, 0.29) is 33.7 Å². The van der Waals surface area contributed by atoms with E-state index in [2.05, 4.69) is 10.6 Å². The van der Waals surface area contributed by atoms with Crippen LogP contribution in [-0.4, -0.2) is 11.8 Å². The fraction of sp³-hybridized carbons (Fsp3) is 0.143. The van der Waals surface area contributed by atoms with Gasteiger partial charge in [-0.15, -0.1) is 0 Å². The molecule has 0 atom stereocenters. The van der Waals surface area contributed by atoms with Crippen molar-refractivity contribution in [3.8, 4) is 0 Å². The molecular weight excluding hydrogens is 350 g/mol. The Morgan fingerprint density at radius 3 is 1.89 bits per heavy atom. The van der Waals surface area contributed by atoms with Crippen LogP contribution in [0.4, 0.5) is 8.78 Å². The third-order valence-corrected chi connectivity index (χ3v) is 4.78. The number of carbonyl (C=O) groups is 2. The van der Waals surface area contributed by atoms with Crippen LogP contribution in [0, 0.1) is 18.6 Å². The van der Waals surface area contributed by atoms with E-state index < -0.39 is 23.4 Å². The third kappa shape index (κ3) is 2.65. The van der Waals surface area contributed by atoms with Gasteiger partial charge in [0.15, 0.2) is 0 Å². The van der Waals surface area contributed by atoms with Gasteiger partial charge in [-0.3, -0.25) is 9.59 Å². The van der Waals surface area contributed by atoms with E-state index in [1.165, 1.54) is 12.1 Å². The number of carbonyl (C=O) groups excluding carboxylic acids is 2. The van der Waals surface area contributed by atoms with Gasteiger partial charge in [0.25, 0.3) is 11.8 Å². The molecule has 0 fully saturated rings. The summed E-state index contributed by atoms with van der Waals surface area (Å²) in [6.45, 7) is 3.71. The van der Waals surface area contributed by atoms with Crippen molar-refractivity contribution in [1.82, 2.24) is 10.6 Å². The molecule has 0 saturated heterocycles. The molecule has 0 saturated carbocycles. The summed E-state index contributed by atoms with van der Waals surface area (Å²) in [7, 11) is 0. The largest absolute Gasteiger partial charge is 0.320 e. The third-order valence-electron chi connectivity index (χ3n) is 4.78. The molecule has 2 N–H and O–H groups in total. The molecular formula is C21H16F2N2O2. The van der Waals surface area contributed by atoms with E-state index in [0.717, 1.165) is 11.1 Å². The standard InChI is InChI=1S/C21H16F2N2O2/c1-3-11-5-7-15(23)13(9-11)19-17-16(20(26)25-19)18(24-21(17)27)12-8-10(2)4-6-14(12)22/h4-9H,3H2,1-2H3,(H,24,27)(H,25,26). The first-order valence-corrected chi connectivity index (χ1v) is 8.57. The van der Waals surface area contributed by atoms with Crippen LogP contribution in [0.3, 0.4) is 0 Å². The molecule has 2 amide bonds. The summed E-state index contributed by atoms with van der Waals surface area (Å²) in [4.78, 5) is 25.2. The fourth-order valence-corrected chi connectivity index (χ4v) is 3.40. The number of benzene rings is 2. The van der Waals surface area contributed by atoms with Gasteiger partial charge in [0, 0.05) is 11.1 Å². The van der Waals surface area contributed by atoms with Gasteiger partial charge >= 0.3 is 0 Å². The molecule has 4 nitrogen and oxygen atoms in total. The van der Waals surface area contributed by atoms with Crippen molar-refractivity contribution in [2.75, 3.05) is 0 Å². The van der Waals surface area contributed by atoms with Crippen LogP contribution < -0.4 is 10.6 Å². The summed E-state index contributed by atoms with van der Waals surface area (Å²) >= 11 is 0. The lowest BCUT2D eigenvalue weighted by atomic mass is 9.99. The molecule has 2 aromatic carbocycles. The highest BCUT2D eigenvalue weighted by Crippen LogP contribution is 2.38. The van der Waals surface area contributed by atoms with Gasteiger partial charge < -0.3 is 10.6 Å². The monoisotopic (exact) mass is 366 g/mol. The topological polar surface area (TPSA) is 58.2 Å². The van der Waals surface area contributed by atoms with E-state index in [1.54, 1.807) is 31.2 Å². The molecule has 6 heteroatoms. The minimum Gasteiger partial charge on any atom is -0.320 e. The van der Waals surface area contributed by atoms with E-state index in [4.69, 9.17) is 0 Å². The van der Waals surface area contributed by atoms with Crippen molar-refractivity contribution < 1.29 is 18.4 Å². The van der Waals surface area contributed by atoms with Gasteiger partial charge in [0.1, 0.15) is 11.6 Å². The maximum absolute atomic E-state index is 14.4. The Morgan fingerprint density at radius 1 is 0.815 bits per heavy atom. The lowest BCUT2D eigenvalue weighted by Crippen LogP contribution is -2.22. The maximum Gasteiger partial charge on any atom is 0.258 e. The van der Waals surface area contributed by atoms with Crippen LogP contribution in [0.2, 0.25) is 0 Å². The minimum absolute atomic E-state index is 0.0424. The summed E-state index contributed by atoms with van der Waals surface area (Å²) in [5, 5.41) is 5.17. The highest BCUT2D eigenvalue weighted by molar-refractivity contribution is 6.30. The summed E-state index contributed by atoms with van der Waals surface area (Å²) in [6.07, 6.45) is 0.679. The van der Waals surface area contributed by atoms with Crippen molar-refractivity contribution >= 4 is 23.2 Å². The predicted octanol–water partition coefficient (Wildman–Crippen LogP) is 3.22. The lowest BCUT2D eigenvalue weighted by molar-refractivity contribution is -0.117. The first-order valence-electron chi connectivity index (χ1n) is 8.57. The van der Waals surface area contributed by atoms with Crippen molar-refractivity contribution in [3.05, 3.63) is 81.4 Å². The SMILES string of the molecule is CCc1ccc(F)c(C2=C3C(=O)NC(c4cc(C)ccc4F)=C3C(=O)N2)c1. The normalized spacial score (nSPS) is 16.0. The van der Waals surface area contributed by atoms with E-state index in [0.29, 0.717) is 6.42 Å². The Bertz CT molecular complexity index is 1080. The second-order valence-electron chi connectivity index (χ2n) is 6.56. The molecule has 2 aliphatic heterocycles. The van der Waals surface area contributed by atoms with Crippen LogP contribution in [0.25, 0.3) is 11.4 Å². The molecule has 2 aromatic rings. The van der Waals surface area contributed by atoms with Crippen LogP contribution >= 0.6 is 0 Å². The summed E-state index contributed by atoms with van der Waals surface area (Å²) in [6, 6.07) is 9.01. The summed E-state index contributed by atoms with van der Waals surface area (Å²) < 4.78 is 28.7. The molecule has 4 rings (SSSR count). The molecule has 2 heterocycles. The first kappa shape index (κ1) is 17.1. The van der Waals surface area contributed by atoms with Gasteiger partial charge in [0.05, 0.1) is 22.5 Å². The molecule has 0 bridgehead atoms. The Labute approximate surface area is 154 Å². The van der Waals surface area contributed by atoms with Crippen LogP contribution in [0.15, 0.2) is 47.5 Å². The second-order valence-corrected chi connectivity index (χ2v) is 6.56. The molecule has 136 valence electrons. The predicted molar refractivity (Wildman–Crippen MR) is 97.0 cm³/mol. The summed E-state index contributed by atoms with van der Waals surface area (Å²) in [5.41, 5.74) is 2.24. The number of hydrogen-bond acceptors (Lipinski definition) is 2. The molecule has 27 heavy (non-hydrogen) atoms. The Kier molecular flexibility index (Phi) is 3.91. The molecule has 2 aliphatic rings.